The summed E-state index contributed by atoms with van der Waals surface area (Å²) in [6.45, 7) is 10.4. The molecule has 1 aliphatic heterocycles. The summed E-state index contributed by atoms with van der Waals surface area (Å²) in [4.78, 5) is 2.55. The molecule has 88 valence electrons. The van der Waals surface area contributed by atoms with E-state index in [2.05, 4.69) is 43.9 Å². The summed E-state index contributed by atoms with van der Waals surface area (Å²) in [5.74, 6) is 0.753. The van der Waals surface area contributed by atoms with Gasteiger partial charge in [0.1, 0.15) is 0 Å². The number of rotatable bonds is 3. The quantitative estimate of drug-likeness (QED) is 0.751. The van der Waals surface area contributed by atoms with Crippen molar-refractivity contribution in [3.05, 3.63) is 34.9 Å². The molecule has 0 saturated carbocycles. The van der Waals surface area contributed by atoms with E-state index < -0.39 is 0 Å². The Morgan fingerprint density at radius 1 is 1.31 bits per heavy atom. The fourth-order valence-electron chi connectivity index (χ4n) is 2.61. The van der Waals surface area contributed by atoms with Gasteiger partial charge in [-0.3, -0.25) is 4.90 Å². The third kappa shape index (κ3) is 2.46. The molecule has 0 bridgehead atoms. The summed E-state index contributed by atoms with van der Waals surface area (Å²) in [5.41, 5.74) is 4.78. The Hall–Kier alpha value is -0.820. The van der Waals surface area contributed by atoms with Gasteiger partial charge in [-0.25, -0.2) is 0 Å². The van der Waals surface area contributed by atoms with Crippen LogP contribution in [-0.4, -0.2) is 18.0 Å². The lowest BCUT2D eigenvalue weighted by atomic mass is 9.90. The molecule has 16 heavy (non-hydrogen) atoms. The Morgan fingerprint density at radius 3 is 2.81 bits per heavy atom. The average molecular weight is 217 g/mol. The minimum atomic E-state index is 0.753. The van der Waals surface area contributed by atoms with Crippen LogP contribution in [0.4, 0.5) is 0 Å². The van der Waals surface area contributed by atoms with Crippen molar-refractivity contribution in [3.63, 3.8) is 0 Å². The van der Waals surface area contributed by atoms with Crippen LogP contribution >= 0.6 is 0 Å². The Morgan fingerprint density at radius 2 is 2.12 bits per heavy atom. The van der Waals surface area contributed by atoms with Gasteiger partial charge in [0.2, 0.25) is 0 Å². The fourth-order valence-corrected chi connectivity index (χ4v) is 2.61. The molecule has 0 atom stereocenters. The second-order valence-corrected chi connectivity index (χ2v) is 5.27. The van der Waals surface area contributed by atoms with E-state index in [0.29, 0.717) is 0 Å². The zero-order chi connectivity index (χ0) is 11.5. The van der Waals surface area contributed by atoms with Gasteiger partial charge < -0.3 is 0 Å². The highest BCUT2D eigenvalue weighted by atomic mass is 15.1. The maximum absolute atomic E-state index is 2.55. The summed E-state index contributed by atoms with van der Waals surface area (Å²) < 4.78 is 0. The molecule has 1 nitrogen and oxygen atoms in total. The molecule has 0 amide bonds. The van der Waals surface area contributed by atoms with Gasteiger partial charge in [0.25, 0.3) is 0 Å². The summed E-state index contributed by atoms with van der Waals surface area (Å²) in [6, 6.07) is 6.86. The number of nitrogens with zero attached hydrogens (tertiary/aromatic N) is 1. The number of fused-ring (bicyclic) bond motifs is 1. The van der Waals surface area contributed by atoms with Crippen molar-refractivity contribution in [2.75, 3.05) is 13.1 Å². The summed E-state index contributed by atoms with van der Waals surface area (Å²) in [5, 5.41) is 0. The highest BCUT2D eigenvalue weighted by Gasteiger charge is 2.17. The predicted molar refractivity (Wildman–Crippen MR) is 69.6 cm³/mol. The first-order chi connectivity index (χ1) is 7.70. The normalized spacial score (nSPS) is 16.5. The van der Waals surface area contributed by atoms with Crippen LogP contribution in [0.5, 0.6) is 0 Å². The molecule has 1 aliphatic rings. The van der Waals surface area contributed by atoms with Gasteiger partial charge in [0.05, 0.1) is 0 Å². The SMILES string of the molecule is CCN1CCc2cccc(CC(C)C)c2C1. The number of hydrogen-bond donors (Lipinski definition) is 0. The van der Waals surface area contributed by atoms with Gasteiger partial charge >= 0.3 is 0 Å². The second-order valence-electron chi connectivity index (χ2n) is 5.27. The first-order valence-electron chi connectivity index (χ1n) is 6.52. The topological polar surface area (TPSA) is 3.24 Å². The highest BCUT2D eigenvalue weighted by Crippen LogP contribution is 2.24. The van der Waals surface area contributed by atoms with Crippen molar-refractivity contribution in [2.45, 2.75) is 40.2 Å². The lowest BCUT2D eigenvalue weighted by Crippen LogP contribution is -2.31. The molecule has 0 aliphatic carbocycles. The van der Waals surface area contributed by atoms with Crippen molar-refractivity contribution >= 4 is 0 Å². The van der Waals surface area contributed by atoms with Crippen LogP contribution in [0.1, 0.15) is 37.5 Å². The molecule has 1 aromatic carbocycles. The van der Waals surface area contributed by atoms with E-state index in [0.717, 1.165) is 12.5 Å². The van der Waals surface area contributed by atoms with E-state index >= 15 is 0 Å². The average Bonchev–Trinajstić information content (AvgIpc) is 2.28. The highest BCUT2D eigenvalue weighted by molar-refractivity contribution is 5.37. The Labute approximate surface area is 99.5 Å². The fraction of sp³-hybridized carbons (Fsp3) is 0.600. The molecule has 1 aromatic rings. The van der Waals surface area contributed by atoms with Gasteiger partial charge in [0, 0.05) is 13.1 Å². The smallest absolute Gasteiger partial charge is 0.0239 e. The third-order valence-electron chi connectivity index (χ3n) is 3.52. The standard InChI is InChI=1S/C15H23N/c1-4-16-9-8-13-6-5-7-14(10-12(2)3)15(13)11-16/h5-7,12H,4,8-11H2,1-3H3. The number of hydrogen-bond acceptors (Lipinski definition) is 1. The predicted octanol–water partition coefficient (Wildman–Crippen LogP) is 3.26. The molecule has 1 heterocycles. The largest absolute Gasteiger partial charge is 0.299 e. The van der Waals surface area contributed by atoms with E-state index in [-0.39, 0.29) is 0 Å². The Bertz CT molecular complexity index is 354. The molecule has 0 saturated heterocycles. The zero-order valence-corrected chi connectivity index (χ0v) is 10.8. The molecule has 0 N–H and O–H groups in total. The van der Waals surface area contributed by atoms with Gasteiger partial charge in [-0.2, -0.15) is 0 Å². The minimum absolute atomic E-state index is 0.753. The molecule has 0 aromatic heterocycles. The van der Waals surface area contributed by atoms with Gasteiger partial charge in [-0.05, 0) is 42.0 Å². The van der Waals surface area contributed by atoms with E-state index in [1.165, 1.54) is 25.9 Å². The molecule has 1 heteroatoms. The van der Waals surface area contributed by atoms with Gasteiger partial charge in [-0.15, -0.1) is 0 Å². The molecule has 0 unspecified atom stereocenters. The van der Waals surface area contributed by atoms with E-state index in [1.54, 1.807) is 16.7 Å². The molecule has 0 radical (unpaired) electrons. The molecule has 2 rings (SSSR count). The minimum Gasteiger partial charge on any atom is -0.299 e. The number of benzene rings is 1. The van der Waals surface area contributed by atoms with Crippen LogP contribution in [0.25, 0.3) is 0 Å². The maximum Gasteiger partial charge on any atom is 0.0239 e. The maximum atomic E-state index is 2.55. The van der Waals surface area contributed by atoms with E-state index in [1.807, 2.05) is 0 Å². The second kappa shape index (κ2) is 5.01. The van der Waals surface area contributed by atoms with Crippen LogP contribution in [0.15, 0.2) is 18.2 Å². The van der Waals surface area contributed by atoms with Crippen molar-refractivity contribution in [1.29, 1.82) is 0 Å². The monoisotopic (exact) mass is 217 g/mol. The van der Waals surface area contributed by atoms with Gasteiger partial charge in [-0.1, -0.05) is 39.0 Å². The van der Waals surface area contributed by atoms with Crippen molar-refractivity contribution < 1.29 is 0 Å². The third-order valence-corrected chi connectivity index (χ3v) is 3.52. The van der Waals surface area contributed by atoms with Crippen molar-refractivity contribution in [3.8, 4) is 0 Å². The van der Waals surface area contributed by atoms with Crippen LogP contribution in [0.2, 0.25) is 0 Å². The first kappa shape index (κ1) is 11.7. The molecular formula is C15H23N. The van der Waals surface area contributed by atoms with Crippen LogP contribution < -0.4 is 0 Å². The van der Waals surface area contributed by atoms with E-state index in [9.17, 15) is 0 Å². The van der Waals surface area contributed by atoms with Crippen LogP contribution in [0.3, 0.4) is 0 Å². The lowest BCUT2D eigenvalue weighted by molar-refractivity contribution is 0.266. The summed E-state index contributed by atoms with van der Waals surface area (Å²) >= 11 is 0. The molecule has 0 spiro atoms. The van der Waals surface area contributed by atoms with Gasteiger partial charge in [0.15, 0.2) is 0 Å². The Kier molecular flexibility index (Phi) is 3.65. The first-order valence-corrected chi connectivity index (χ1v) is 6.52. The van der Waals surface area contributed by atoms with Crippen molar-refractivity contribution in [2.24, 2.45) is 5.92 Å². The Balaban J connectivity index is 2.27. The van der Waals surface area contributed by atoms with Crippen molar-refractivity contribution in [1.82, 2.24) is 4.90 Å². The van der Waals surface area contributed by atoms with Crippen LogP contribution in [0, 0.1) is 5.92 Å². The summed E-state index contributed by atoms with van der Waals surface area (Å²) in [7, 11) is 0. The lowest BCUT2D eigenvalue weighted by Gasteiger charge is -2.29. The summed E-state index contributed by atoms with van der Waals surface area (Å²) in [6.07, 6.45) is 2.45. The van der Waals surface area contributed by atoms with Crippen LogP contribution in [-0.2, 0) is 19.4 Å². The molecular weight excluding hydrogens is 194 g/mol. The molecule has 0 fully saturated rings. The van der Waals surface area contributed by atoms with E-state index in [4.69, 9.17) is 0 Å². The number of likely N-dealkylation sites (N-methyl/N-ethyl adjacent to an activating group) is 1. The zero-order valence-electron chi connectivity index (χ0n) is 10.8.